The number of halogens is 1. The molecule has 170 valence electrons. The number of methoxy groups -OCH3 is 1. The lowest BCUT2D eigenvalue weighted by Gasteiger charge is -2.15. The Balaban J connectivity index is 1.28. The van der Waals surface area contributed by atoms with Crippen molar-refractivity contribution in [3.8, 4) is 17.2 Å². The Hall–Kier alpha value is -2.88. The van der Waals surface area contributed by atoms with Crippen LogP contribution in [0.2, 0.25) is 0 Å². The lowest BCUT2D eigenvalue weighted by Crippen LogP contribution is -2.17. The van der Waals surface area contributed by atoms with Crippen molar-refractivity contribution in [2.75, 3.05) is 19.4 Å². The molecular weight excluding hydrogens is 502 g/mol. The number of aromatic nitrogens is 4. The first kappa shape index (κ1) is 23.3. The first-order valence-corrected chi connectivity index (χ1v) is 12.2. The maximum Gasteiger partial charge on any atom is 0.214 e. The number of tetrazole rings is 1. The lowest BCUT2D eigenvalue weighted by molar-refractivity contribution is 0.282. The van der Waals surface area contributed by atoms with Gasteiger partial charge in [0.1, 0.15) is 6.61 Å². The number of hydrogen-bond donors (Lipinski definition) is 1. The normalized spacial score (nSPS) is 10.8. The smallest absolute Gasteiger partial charge is 0.214 e. The van der Waals surface area contributed by atoms with Gasteiger partial charge in [0.25, 0.3) is 0 Å². The van der Waals surface area contributed by atoms with Gasteiger partial charge in [0.2, 0.25) is 5.16 Å². The van der Waals surface area contributed by atoms with Gasteiger partial charge in [0.15, 0.2) is 11.5 Å². The summed E-state index contributed by atoms with van der Waals surface area (Å²) in [6, 6.07) is 24.0. The van der Waals surface area contributed by atoms with Crippen LogP contribution >= 0.6 is 27.7 Å². The molecule has 0 unspecified atom stereocenters. The number of para-hydroxylation sites is 1. The summed E-state index contributed by atoms with van der Waals surface area (Å²) in [5, 5.41) is 16.3. The second-order valence-electron chi connectivity index (χ2n) is 7.12. The Labute approximate surface area is 205 Å². The maximum atomic E-state index is 6.02. The molecular formula is C24H24BrN5O2S. The van der Waals surface area contributed by atoms with Gasteiger partial charge in [-0.05, 0) is 61.7 Å². The minimum atomic E-state index is 0.479. The Morgan fingerprint density at radius 1 is 1.00 bits per heavy atom. The topological polar surface area (TPSA) is 74.1 Å². The second-order valence-corrected chi connectivity index (χ2v) is 9.03. The van der Waals surface area contributed by atoms with Gasteiger partial charge in [0.05, 0.1) is 17.3 Å². The van der Waals surface area contributed by atoms with Crippen LogP contribution in [0.15, 0.2) is 82.4 Å². The average Bonchev–Trinajstić information content (AvgIpc) is 3.32. The van der Waals surface area contributed by atoms with Crippen molar-refractivity contribution in [2.45, 2.75) is 18.3 Å². The van der Waals surface area contributed by atoms with Crippen molar-refractivity contribution >= 4 is 27.7 Å². The van der Waals surface area contributed by atoms with E-state index in [0.717, 1.165) is 38.7 Å². The summed E-state index contributed by atoms with van der Waals surface area (Å²) in [4.78, 5) is 0. The predicted octanol–water partition coefficient (Wildman–Crippen LogP) is 4.89. The van der Waals surface area contributed by atoms with Crippen LogP contribution in [0, 0.1) is 0 Å². The molecule has 1 heterocycles. The Bertz CT molecular complexity index is 1160. The molecule has 1 N–H and O–H groups in total. The highest BCUT2D eigenvalue weighted by Crippen LogP contribution is 2.37. The molecule has 4 rings (SSSR count). The molecule has 0 saturated carbocycles. The maximum absolute atomic E-state index is 6.02. The third-order valence-corrected chi connectivity index (χ3v) is 6.31. The molecule has 7 nitrogen and oxygen atoms in total. The highest BCUT2D eigenvalue weighted by Gasteiger charge is 2.12. The number of rotatable bonds is 11. The molecule has 0 aliphatic carbocycles. The summed E-state index contributed by atoms with van der Waals surface area (Å²) >= 11 is 5.24. The highest BCUT2D eigenvalue weighted by molar-refractivity contribution is 9.10. The average molecular weight is 526 g/mol. The van der Waals surface area contributed by atoms with Crippen molar-refractivity contribution in [3.63, 3.8) is 0 Å². The zero-order chi connectivity index (χ0) is 22.9. The van der Waals surface area contributed by atoms with E-state index in [1.165, 1.54) is 0 Å². The standard InChI is InChI=1S/C24H24BrN5O2S/c1-31-22-15-19(14-21(25)23(22)32-17-18-8-4-2-5-9-18)16-26-12-13-33-24-27-28-29-30(24)20-10-6-3-7-11-20/h2-11,14-15,26H,12-13,16-17H2,1H3. The zero-order valence-electron chi connectivity index (χ0n) is 18.1. The van der Waals surface area contributed by atoms with Gasteiger partial charge in [-0.1, -0.05) is 60.3 Å². The largest absolute Gasteiger partial charge is 0.493 e. The molecule has 0 amide bonds. The molecule has 1 aromatic heterocycles. The van der Waals surface area contributed by atoms with E-state index < -0.39 is 0 Å². The molecule has 0 atom stereocenters. The number of thioether (sulfide) groups is 1. The third kappa shape index (κ3) is 6.34. The van der Waals surface area contributed by atoms with Crippen molar-refractivity contribution < 1.29 is 9.47 Å². The molecule has 0 aliphatic rings. The number of hydrogen-bond acceptors (Lipinski definition) is 7. The fraction of sp³-hybridized carbons (Fsp3) is 0.208. The number of benzene rings is 3. The van der Waals surface area contributed by atoms with Crippen molar-refractivity contribution in [1.82, 2.24) is 25.5 Å². The Morgan fingerprint density at radius 3 is 2.52 bits per heavy atom. The van der Waals surface area contributed by atoms with Gasteiger partial charge in [0, 0.05) is 18.8 Å². The molecule has 0 aliphatic heterocycles. The van der Waals surface area contributed by atoms with Crippen LogP contribution in [0.3, 0.4) is 0 Å². The monoisotopic (exact) mass is 525 g/mol. The van der Waals surface area contributed by atoms with Gasteiger partial charge >= 0.3 is 0 Å². The minimum Gasteiger partial charge on any atom is -0.493 e. The molecule has 0 fully saturated rings. The number of nitrogens with zero attached hydrogens (tertiary/aromatic N) is 4. The van der Waals surface area contributed by atoms with Gasteiger partial charge in [-0.3, -0.25) is 0 Å². The first-order chi connectivity index (χ1) is 16.2. The van der Waals surface area contributed by atoms with Crippen LogP contribution in [0.5, 0.6) is 11.5 Å². The zero-order valence-corrected chi connectivity index (χ0v) is 20.6. The second kappa shape index (κ2) is 11.8. The van der Waals surface area contributed by atoms with E-state index in [1.807, 2.05) is 66.7 Å². The quantitative estimate of drug-likeness (QED) is 0.220. The lowest BCUT2D eigenvalue weighted by atomic mass is 10.2. The van der Waals surface area contributed by atoms with Gasteiger partial charge < -0.3 is 14.8 Å². The van der Waals surface area contributed by atoms with E-state index in [9.17, 15) is 0 Å². The van der Waals surface area contributed by atoms with Crippen molar-refractivity contribution in [2.24, 2.45) is 0 Å². The van der Waals surface area contributed by atoms with E-state index in [4.69, 9.17) is 9.47 Å². The summed E-state index contributed by atoms with van der Waals surface area (Å²) in [6.45, 7) is 1.99. The molecule has 0 radical (unpaired) electrons. The highest BCUT2D eigenvalue weighted by atomic mass is 79.9. The summed E-state index contributed by atoms with van der Waals surface area (Å²) in [7, 11) is 1.65. The van der Waals surface area contributed by atoms with E-state index in [-0.39, 0.29) is 0 Å². The Kier molecular flexibility index (Phi) is 8.35. The molecule has 0 saturated heterocycles. The van der Waals surface area contributed by atoms with Crippen LogP contribution in [-0.2, 0) is 13.2 Å². The summed E-state index contributed by atoms with van der Waals surface area (Å²) in [5.41, 5.74) is 3.15. The van der Waals surface area contributed by atoms with E-state index in [2.05, 4.69) is 42.8 Å². The molecule has 33 heavy (non-hydrogen) atoms. The fourth-order valence-corrected chi connectivity index (χ4v) is 4.58. The predicted molar refractivity (Wildman–Crippen MR) is 133 cm³/mol. The van der Waals surface area contributed by atoms with Crippen LogP contribution < -0.4 is 14.8 Å². The molecule has 0 spiro atoms. The van der Waals surface area contributed by atoms with E-state index >= 15 is 0 Å². The minimum absolute atomic E-state index is 0.479. The van der Waals surface area contributed by atoms with Gasteiger partial charge in [-0.2, -0.15) is 4.68 Å². The first-order valence-electron chi connectivity index (χ1n) is 10.4. The molecule has 3 aromatic carbocycles. The molecule has 0 bridgehead atoms. The van der Waals surface area contributed by atoms with E-state index in [1.54, 1.807) is 23.6 Å². The Morgan fingerprint density at radius 2 is 1.76 bits per heavy atom. The molecule has 9 heteroatoms. The van der Waals surface area contributed by atoms with Crippen molar-refractivity contribution in [3.05, 3.63) is 88.4 Å². The summed E-state index contributed by atoms with van der Waals surface area (Å²) in [5.74, 6) is 2.24. The third-order valence-electron chi connectivity index (χ3n) is 4.80. The molecule has 4 aromatic rings. The van der Waals surface area contributed by atoms with E-state index in [0.29, 0.717) is 24.7 Å². The SMILES string of the molecule is COc1cc(CNCCSc2nnnn2-c2ccccc2)cc(Br)c1OCc1ccccc1. The van der Waals surface area contributed by atoms with Crippen LogP contribution in [-0.4, -0.2) is 39.6 Å². The van der Waals surface area contributed by atoms with Crippen LogP contribution in [0.25, 0.3) is 5.69 Å². The summed E-state index contributed by atoms with van der Waals surface area (Å²) < 4.78 is 14.2. The van der Waals surface area contributed by atoms with Crippen molar-refractivity contribution in [1.29, 1.82) is 0 Å². The van der Waals surface area contributed by atoms with Crippen LogP contribution in [0.1, 0.15) is 11.1 Å². The number of ether oxygens (including phenoxy) is 2. The van der Waals surface area contributed by atoms with Crippen LogP contribution in [0.4, 0.5) is 0 Å². The summed E-state index contributed by atoms with van der Waals surface area (Å²) in [6.07, 6.45) is 0. The fourth-order valence-electron chi connectivity index (χ4n) is 3.19. The van der Waals surface area contributed by atoms with Gasteiger partial charge in [-0.15, -0.1) is 5.10 Å². The van der Waals surface area contributed by atoms with Gasteiger partial charge in [-0.25, -0.2) is 0 Å². The number of nitrogens with one attached hydrogen (secondary N) is 1.